The Hall–Kier alpha value is -0.830. The fourth-order valence-electron chi connectivity index (χ4n) is 2.53. The average Bonchev–Trinajstić information content (AvgIpc) is 2.32. The number of benzene rings is 1. The molecule has 18 heavy (non-hydrogen) atoms. The summed E-state index contributed by atoms with van der Waals surface area (Å²) in [5, 5.41) is 3.16. The molecule has 2 rings (SSSR count). The maximum Gasteiger partial charge on any atom is 0.251 e. The van der Waals surface area contributed by atoms with E-state index in [1.165, 1.54) is 5.56 Å². The first-order valence-corrected chi connectivity index (χ1v) is 7.50. The number of amides is 1. The van der Waals surface area contributed by atoms with Gasteiger partial charge in [-0.15, -0.1) is 0 Å². The van der Waals surface area contributed by atoms with E-state index in [0.717, 1.165) is 36.8 Å². The Morgan fingerprint density at radius 1 is 1.22 bits per heavy atom. The molecule has 0 bridgehead atoms. The molecule has 0 saturated heterocycles. The lowest BCUT2D eigenvalue weighted by atomic mass is 9.95. The van der Waals surface area contributed by atoms with E-state index in [2.05, 4.69) is 27.3 Å². The van der Waals surface area contributed by atoms with Crippen molar-refractivity contribution in [1.82, 2.24) is 5.32 Å². The summed E-state index contributed by atoms with van der Waals surface area (Å²) in [6.07, 6.45) is 4.45. The summed E-state index contributed by atoms with van der Waals surface area (Å²) in [4.78, 5) is 12.8. The number of aryl methyl sites for hydroxylation is 2. The van der Waals surface area contributed by atoms with Crippen molar-refractivity contribution in [2.45, 2.75) is 50.4 Å². The minimum Gasteiger partial charge on any atom is -0.349 e. The zero-order valence-corrected chi connectivity index (χ0v) is 12.6. The van der Waals surface area contributed by atoms with Crippen LogP contribution in [-0.2, 0) is 0 Å². The number of hydrogen-bond donors (Lipinski definition) is 1. The molecular weight excluding hydrogens is 290 g/mol. The van der Waals surface area contributed by atoms with E-state index in [0.29, 0.717) is 10.9 Å². The molecule has 1 aromatic rings. The van der Waals surface area contributed by atoms with Gasteiger partial charge in [-0.25, -0.2) is 0 Å². The molecular formula is C15H20BrNO. The highest BCUT2D eigenvalue weighted by Gasteiger charge is 2.21. The van der Waals surface area contributed by atoms with E-state index in [9.17, 15) is 4.79 Å². The Balaban J connectivity index is 1.99. The van der Waals surface area contributed by atoms with Crippen molar-refractivity contribution >= 4 is 21.8 Å². The SMILES string of the molecule is Cc1ccc(C(=O)NC2CCC(Br)CC2)c(C)c1. The highest BCUT2D eigenvalue weighted by Crippen LogP contribution is 2.24. The van der Waals surface area contributed by atoms with Crippen LogP contribution in [0.15, 0.2) is 18.2 Å². The first-order valence-electron chi connectivity index (χ1n) is 6.58. The molecule has 1 N–H and O–H groups in total. The smallest absolute Gasteiger partial charge is 0.251 e. The first-order chi connectivity index (χ1) is 8.56. The van der Waals surface area contributed by atoms with Crippen LogP contribution in [-0.4, -0.2) is 16.8 Å². The van der Waals surface area contributed by atoms with Crippen molar-refractivity contribution in [3.8, 4) is 0 Å². The number of carbonyl (C=O) groups is 1. The molecule has 1 aliphatic carbocycles. The molecule has 2 nitrogen and oxygen atoms in total. The Kier molecular flexibility index (Phi) is 4.44. The lowest BCUT2D eigenvalue weighted by molar-refractivity contribution is 0.0927. The van der Waals surface area contributed by atoms with Crippen molar-refractivity contribution in [2.75, 3.05) is 0 Å². The number of carbonyl (C=O) groups excluding carboxylic acids is 1. The summed E-state index contributed by atoms with van der Waals surface area (Å²) < 4.78 is 0. The Labute approximate surface area is 117 Å². The van der Waals surface area contributed by atoms with Crippen molar-refractivity contribution in [3.63, 3.8) is 0 Å². The molecule has 1 amide bonds. The summed E-state index contributed by atoms with van der Waals surface area (Å²) in [5.74, 6) is 0.0746. The minimum absolute atomic E-state index is 0.0746. The largest absolute Gasteiger partial charge is 0.349 e. The fourth-order valence-corrected chi connectivity index (χ4v) is 3.06. The first kappa shape index (κ1) is 13.6. The summed E-state index contributed by atoms with van der Waals surface area (Å²) >= 11 is 3.63. The second-order valence-electron chi connectivity index (χ2n) is 5.24. The second kappa shape index (κ2) is 5.87. The molecule has 0 aromatic heterocycles. The molecule has 0 aliphatic heterocycles. The van der Waals surface area contributed by atoms with E-state index in [-0.39, 0.29) is 5.91 Å². The molecule has 1 aliphatic rings. The van der Waals surface area contributed by atoms with Gasteiger partial charge in [0.05, 0.1) is 0 Å². The van der Waals surface area contributed by atoms with E-state index in [1.54, 1.807) is 0 Å². The second-order valence-corrected chi connectivity index (χ2v) is 6.54. The number of rotatable bonds is 2. The number of halogens is 1. The van der Waals surface area contributed by atoms with Crippen LogP contribution in [0.2, 0.25) is 0 Å². The molecule has 0 heterocycles. The van der Waals surface area contributed by atoms with Crippen molar-refractivity contribution in [3.05, 3.63) is 34.9 Å². The third-order valence-electron chi connectivity index (χ3n) is 3.62. The van der Waals surface area contributed by atoms with Gasteiger partial charge in [0.25, 0.3) is 5.91 Å². The van der Waals surface area contributed by atoms with Gasteiger partial charge in [0.2, 0.25) is 0 Å². The Bertz CT molecular complexity index is 436. The molecule has 1 saturated carbocycles. The predicted molar refractivity (Wildman–Crippen MR) is 78.4 cm³/mol. The van der Waals surface area contributed by atoms with Crippen LogP contribution in [0.25, 0.3) is 0 Å². The molecule has 1 fully saturated rings. The Morgan fingerprint density at radius 2 is 1.89 bits per heavy atom. The summed E-state index contributed by atoms with van der Waals surface area (Å²) in [5.41, 5.74) is 3.06. The molecule has 1 aromatic carbocycles. The zero-order chi connectivity index (χ0) is 13.1. The zero-order valence-electron chi connectivity index (χ0n) is 11.0. The third kappa shape index (κ3) is 3.35. The number of alkyl halides is 1. The van der Waals surface area contributed by atoms with Gasteiger partial charge in [0.15, 0.2) is 0 Å². The van der Waals surface area contributed by atoms with Crippen LogP contribution in [0.5, 0.6) is 0 Å². The van der Waals surface area contributed by atoms with E-state index < -0.39 is 0 Å². The lowest BCUT2D eigenvalue weighted by Gasteiger charge is -2.26. The van der Waals surface area contributed by atoms with Crippen LogP contribution in [0.1, 0.15) is 47.2 Å². The van der Waals surface area contributed by atoms with Crippen LogP contribution < -0.4 is 5.32 Å². The topological polar surface area (TPSA) is 29.1 Å². The summed E-state index contributed by atoms with van der Waals surface area (Å²) in [6.45, 7) is 4.04. The fraction of sp³-hybridized carbons (Fsp3) is 0.533. The van der Waals surface area contributed by atoms with E-state index >= 15 is 0 Å². The molecule has 98 valence electrons. The normalized spacial score (nSPS) is 23.7. The standard InChI is InChI=1S/C15H20BrNO/c1-10-3-8-14(11(2)9-10)15(18)17-13-6-4-12(16)5-7-13/h3,8-9,12-13H,4-7H2,1-2H3,(H,17,18). The van der Waals surface area contributed by atoms with Crippen LogP contribution in [0, 0.1) is 13.8 Å². The number of hydrogen-bond acceptors (Lipinski definition) is 1. The highest BCUT2D eigenvalue weighted by molar-refractivity contribution is 9.09. The van der Waals surface area contributed by atoms with Crippen molar-refractivity contribution in [1.29, 1.82) is 0 Å². The molecule has 0 radical (unpaired) electrons. The van der Waals surface area contributed by atoms with Crippen molar-refractivity contribution < 1.29 is 4.79 Å². The van der Waals surface area contributed by atoms with Gasteiger partial charge < -0.3 is 5.32 Å². The minimum atomic E-state index is 0.0746. The number of nitrogens with one attached hydrogen (secondary N) is 1. The quantitative estimate of drug-likeness (QED) is 0.828. The maximum absolute atomic E-state index is 12.2. The van der Waals surface area contributed by atoms with Crippen LogP contribution >= 0.6 is 15.9 Å². The lowest BCUT2D eigenvalue weighted by Crippen LogP contribution is -2.38. The summed E-state index contributed by atoms with van der Waals surface area (Å²) in [6, 6.07) is 6.32. The van der Waals surface area contributed by atoms with E-state index in [1.807, 2.05) is 26.0 Å². The van der Waals surface area contributed by atoms with Crippen molar-refractivity contribution in [2.24, 2.45) is 0 Å². The molecule has 3 heteroatoms. The van der Waals surface area contributed by atoms with Gasteiger partial charge >= 0.3 is 0 Å². The summed E-state index contributed by atoms with van der Waals surface area (Å²) in [7, 11) is 0. The van der Waals surface area contributed by atoms with Gasteiger partial charge in [0.1, 0.15) is 0 Å². The third-order valence-corrected chi connectivity index (χ3v) is 4.53. The van der Waals surface area contributed by atoms with Gasteiger partial charge in [0, 0.05) is 16.4 Å². The molecule has 0 atom stereocenters. The molecule has 0 spiro atoms. The average molecular weight is 310 g/mol. The predicted octanol–water partition coefficient (Wildman–Crippen LogP) is 3.74. The van der Waals surface area contributed by atoms with Gasteiger partial charge in [-0.05, 0) is 51.2 Å². The van der Waals surface area contributed by atoms with Crippen LogP contribution in [0.4, 0.5) is 0 Å². The maximum atomic E-state index is 12.2. The van der Waals surface area contributed by atoms with Gasteiger partial charge in [-0.3, -0.25) is 4.79 Å². The van der Waals surface area contributed by atoms with Gasteiger partial charge in [-0.1, -0.05) is 33.6 Å². The van der Waals surface area contributed by atoms with E-state index in [4.69, 9.17) is 0 Å². The Morgan fingerprint density at radius 3 is 2.50 bits per heavy atom. The highest BCUT2D eigenvalue weighted by atomic mass is 79.9. The monoisotopic (exact) mass is 309 g/mol. The van der Waals surface area contributed by atoms with Gasteiger partial charge in [-0.2, -0.15) is 0 Å². The van der Waals surface area contributed by atoms with Crippen LogP contribution in [0.3, 0.4) is 0 Å². The molecule has 0 unspecified atom stereocenters.